The van der Waals surface area contributed by atoms with Gasteiger partial charge in [-0.25, -0.2) is 17.8 Å². The minimum absolute atomic E-state index is 0.102. The lowest BCUT2D eigenvalue weighted by Gasteiger charge is -2.34. The van der Waals surface area contributed by atoms with E-state index in [0.717, 1.165) is 25.9 Å². The maximum atomic E-state index is 14.5. The minimum Gasteiger partial charge on any atom is -0.493 e. The van der Waals surface area contributed by atoms with Crippen molar-refractivity contribution in [2.75, 3.05) is 30.3 Å². The molecule has 0 atom stereocenters. The number of H-pyrrole nitrogens is 1. The maximum Gasteiger partial charge on any atom is 0.202 e. The molecule has 1 N–H and O–H groups in total. The number of ether oxygens (including phenoxy) is 1. The molecule has 10 heteroatoms. The Labute approximate surface area is 216 Å². The highest BCUT2D eigenvalue weighted by Gasteiger charge is 2.45. The number of ketones is 1. The van der Waals surface area contributed by atoms with Gasteiger partial charge in [-0.2, -0.15) is 5.10 Å². The van der Waals surface area contributed by atoms with Crippen LogP contribution in [0.5, 0.6) is 5.75 Å². The molecule has 0 amide bonds. The zero-order valence-corrected chi connectivity index (χ0v) is 21.9. The van der Waals surface area contributed by atoms with Crippen molar-refractivity contribution in [1.82, 2.24) is 15.2 Å². The Morgan fingerprint density at radius 2 is 1.89 bits per heavy atom. The quantitative estimate of drug-likeness (QED) is 0.404. The Kier molecular flexibility index (Phi) is 6.78. The third-order valence-electron chi connectivity index (χ3n) is 7.14. The fraction of sp³-hybridized carbons (Fsp3) is 0.444. The van der Waals surface area contributed by atoms with Gasteiger partial charge in [0.15, 0.2) is 10.8 Å². The molecule has 2 fully saturated rings. The fourth-order valence-electron chi connectivity index (χ4n) is 4.74. The third kappa shape index (κ3) is 5.69. The first kappa shape index (κ1) is 25.4. The number of hydrogen-bond donors (Lipinski definition) is 1. The minimum atomic E-state index is -3.89. The van der Waals surface area contributed by atoms with Gasteiger partial charge >= 0.3 is 0 Å². The van der Waals surface area contributed by atoms with Gasteiger partial charge in [-0.15, -0.1) is 0 Å². The summed E-state index contributed by atoms with van der Waals surface area (Å²) in [4.78, 5) is 20.2. The number of hydrogen-bond acceptors (Lipinski definition) is 7. The number of rotatable bonds is 9. The first-order chi connectivity index (χ1) is 17.6. The standard InChI is InChI=1S/C27H31FN4O4S/c1-18(2)16-36-21-14-19(13-20(28)15-21)23-4-3-22(24(33)17-37(34,35)25-5-10-29-31-25)26(30-23)32-11-8-27(6-7-27)9-12-32/h3-5,10,13-15,18H,6-9,11-12,16-17H2,1-2H3,(H,29,31). The van der Waals surface area contributed by atoms with Gasteiger partial charge in [-0.1, -0.05) is 13.8 Å². The topological polar surface area (TPSA) is 105 Å². The van der Waals surface area contributed by atoms with Gasteiger partial charge in [0.05, 0.1) is 24.1 Å². The smallest absolute Gasteiger partial charge is 0.202 e. The van der Waals surface area contributed by atoms with Crippen LogP contribution >= 0.6 is 0 Å². The predicted molar refractivity (Wildman–Crippen MR) is 138 cm³/mol. The van der Waals surface area contributed by atoms with Crippen LogP contribution in [0.2, 0.25) is 0 Å². The summed E-state index contributed by atoms with van der Waals surface area (Å²) in [7, 11) is -3.89. The second kappa shape index (κ2) is 9.89. The average molecular weight is 527 g/mol. The zero-order chi connectivity index (χ0) is 26.2. The SMILES string of the molecule is CC(C)COc1cc(F)cc(-c2ccc(C(=O)CS(=O)(=O)c3ccn[nH]3)c(N3CCC4(CC3)CC4)n2)c1. The summed E-state index contributed by atoms with van der Waals surface area (Å²) in [6.45, 7) is 5.95. The van der Waals surface area contributed by atoms with Crippen molar-refractivity contribution in [2.45, 2.75) is 44.6 Å². The van der Waals surface area contributed by atoms with Crippen molar-refractivity contribution in [3.63, 3.8) is 0 Å². The Hall–Kier alpha value is -3.27. The molecule has 1 aliphatic heterocycles. The first-order valence-corrected chi connectivity index (χ1v) is 14.2. The molecule has 0 unspecified atom stereocenters. The van der Waals surface area contributed by atoms with Gasteiger partial charge in [-0.3, -0.25) is 9.89 Å². The largest absolute Gasteiger partial charge is 0.493 e. The molecule has 3 heterocycles. The Balaban J connectivity index is 1.49. The van der Waals surface area contributed by atoms with Crippen LogP contribution in [-0.4, -0.2) is 54.8 Å². The number of carbonyl (C=O) groups is 1. The van der Waals surface area contributed by atoms with Crippen LogP contribution in [0.25, 0.3) is 11.3 Å². The molecule has 0 bridgehead atoms. The number of nitrogens with one attached hydrogen (secondary N) is 1. The normalized spacial score (nSPS) is 16.8. The van der Waals surface area contributed by atoms with Crippen LogP contribution in [0.3, 0.4) is 0 Å². The van der Waals surface area contributed by atoms with E-state index in [1.54, 1.807) is 18.2 Å². The van der Waals surface area contributed by atoms with Gasteiger partial charge in [0.25, 0.3) is 0 Å². The molecule has 1 aromatic carbocycles. The number of benzene rings is 1. The number of aromatic amines is 1. The van der Waals surface area contributed by atoms with Crippen molar-refractivity contribution >= 4 is 21.4 Å². The zero-order valence-electron chi connectivity index (χ0n) is 21.0. The summed E-state index contributed by atoms with van der Waals surface area (Å²) in [5.74, 6) is -0.560. The van der Waals surface area contributed by atoms with E-state index in [1.165, 1.54) is 37.2 Å². The van der Waals surface area contributed by atoms with Crippen molar-refractivity contribution in [3.8, 4) is 17.0 Å². The van der Waals surface area contributed by atoms with Gasteiger partial charge in [0.1, 0.15) is 23.1 Å². The number of carbonyl (C=O) groups excluding carboxylic acids is 1. The molecule has 5 rings (SSSR count). The number of aromatic nitrogens is 3. The van der Waals surface area contributed by atoms with Gasteiger partial charge < -0.3 is 9.64 Å². The molecule has 1 aliphatic carbocycles. The highest BCUT2D eigenvalue weighted by Crippen LogP contribution is 2.54. The summed E-state index contributed by atoms with van der Waals surface area (Å²) in [5, 5.41) is 6.00. The van der Waals surface area contributed by atoms with Crippen LogP contribution in [0.15, 0.2) is 47.6 Å². The van der Waals surface area contributed by atoms with E-state index >= 15 is 0 Å². The lowest BCUT2D eigenvalue weighted by Crippen LogP contribution is -2.36. The first-order valence-electron chi connectivity index (χ1n) is 12.6. The fourth-order valence-corrected chi connectivity index (χ4v) is 5.85. The number of halogens is 1. The molecule has 196 valence electrons. The van der Waals surface area contributed by atoms with Crippen LogP contribution in [0, 0.1) is 17.2 Å². The molecule has 2 aromatic heterocycles. The molecule has 3 aromatic rings. The number of Topliss-reactive ketones (excluding diaryl/α,β-unsaturated/α-hetero) is 1. The van der Waals surface area contributed by atoms with Crippen LogP contribution in [0.1, 0.15) is 49.9 Å². The van der Waals surface area contributed by atoms with Crippen LogP contribution in [-0.2, 0) is 9.84 Å². The number of anilines is 1. The lowest BCUT2D eigenvalue weighted by molar-refractivity contribution is 0.102. The summed E-state index contributed by atoms with van der Waals surface area (Å²) >= 11 is 0. The van der Waals surface area contributed by atoms with E-state index in [1.807, 2.05) is 13.8 Å². The molecule has 8 nitrogen and oxygen atoms in total. The summed E-state index contributed by atoms with van der Waals surface area (Å²) in [6.07, 6.45) is 5.80. The Morgan fingerprint density at radius 1 is 1.14 bits per heavy atom. The van der Waals surface area contributed by atoms with E-state index in [4.69, 9.17) is 9.72 Å². The van der Waals surface area contributed by atoms with E-state index in [9.17, 15) is 17.6 Å². The molecule has 1 saturated heterocycles. The molecule has 2 aliphatic rings. The molecule has 0 radical (unpaired) electrons. The van der Waals surface area contributed by atoms with Crippen LogP contribution in [0.4, 0.5) is 10.2 Å². The molecular weight excluding hydrogens is 495 g/mol. The third-order valence-corrected chi connectivity index (χ3v) is 8.68. The van der Waals surface area contributed by atoms with E-state index in [-0.39, 0.29) is 16.5 Å². The molecule has 37 heavy (non-hydrogen) atoms. The number of piperidine rings is 1. The van der Waals surface area contributed by atoms with Gasteiger partial charge in [0.2, 0.25) is 9.84 Å². The van der Waals surface area contributed by atoms with Gasteiger partial charge in [0, 0.05) is 24.7 Å². The Bertz CT molecular complexity index is 1390. The van der Waals surface area contributed by atoms with Crippen molar-refractivity contribution < 1.29 is 22.3 Å². The van der Waals surface area contributed by atoms with E-state index in [2.05, 4.69) is 15.1 Å². The highest BCUT2D eigenvalue weighted by molar-refractivity contribution is 7.92. The Morgan fingerprint density at radius 3 is 2.54 bits per heavy atom. The van der Waals surface area contributed by atoms with Crippen molar-refractivity contribution in [1.29, 1.82) is 0 Å². The number of sulfone groups is 1. The van der Waals surface area contributed by atoms with Crippen molar-refractivity contribution in [3.05, 3.63) is 54.0 Å². The average Bonchev–Trinajstić information content (AvgIpc) is 3.36. The second-order valence-electron chi connectivity index (χ2n) is 10.5. The van der Waals surface area contributed by atoms with Crippen LogP contribution < -0.4 is 9.64 Å². The predicted octanol–water partition coefficient (Wildman–Crippen LogP) is 4.68. The molecule has 1 spiro atoms. The second-order valence-corrected chi connectivity index (χ2v) is 12.5. The number of nitrogens with zero attached hydrogens (tertiary/aromatic N) is 3. The summed E-state index contributed by atoms with van der Waals surface area (Å²) < 4.78 is 45.7. The maximum absolute atomic E-state index is 14.5. The monoisotopic (exact) mass is 526 g/mol. The number of pyridine rings is 1. The van der Waals surface area contributed by atoms with Crippen molar-refractivity contribution in [2.24, 2.45) is 11.3 Å². The summed E-state index contributed by atoms with van der Waals surface area (Å²) in [5.41, 5.74) is 1.67. The highest BCUT2D eigenvalue weighted by atomic mass is 32.2. The van der Waals surface area contributed by atoms with Gasteiger partial charge in [-0.05, 0) is 67.3 Å². The lowest BCUT2D eigenvalue weighted by atomic mass is 9.93. The summed E-state index contributed by atoms with van der Waals surface area (Å²) in [6, 6.07) is 9.01. The molecule has 1 saturated carbocycles. The van der Waals surface area contributed by atoms with E-state index in [0.29, 0.717) is 34.8 Å². The molecular formula is C27H31FN4O4S. The van der Waals surface area contributed by atoms with E-state index < -0.39 is 27.2 Å².